The molecule has 0 bridgehead atoms. The van der Waals surface area contributed by atoms with Crippen molar-refractivity contribution < 1.29 is 0 Å². The molecule has 242 valence electrons. The second kappa shape index (κ2) is 11.1. The molecule has 2 heterocycles. The van der Waals surface area contributed by atoms with Gasteiger partial charge in [-0.05, 0) is 130 Å². The second-order valence-corrected chi connectivity index (χ2v) is 14.7. The van der Waals surface area contributed by atoms with E-state index in [0.717, 1.165) is 22.8 Å². The lowest BCUT2D eigenvalue weighted by atomic mass is 9.83. The first-order valence-electron chi connectivity index (χ1n) is 17.5. The third-order valence-electron chi connectivity index (χ3n) is 11.2. The Morgan fingerprint density at radius 2 is 1.00 bits per heavy atom. The Kier molecular flexibility index (Phi) is 6.73. The molecule has 1 aliphatic rings. The van der Waals surface area contributed by atoms with Gasteiger partial charge in [0.15, 0.2) is 0 Å². The van der Waals surface area contributed by atoms with Crippen LogP contribution in [0, 0.1) is 0 Å². The third-order valence-corrected chi connectivity index (χ3v) is 11.2. The lowest BCUT2D eigenvalue weighted by molar-refractivity contribution is 0.338. The fourth-order valence-electron chi connectivity index (χ4n) is 8.12. The lowest BCUT2D eigenvalue weighted by Crippen LogP contribution is -2.53. The Morgan fingerprint density at radius 3 is 1.54 bits per heavy atom. The molecule has 1 aliphatic heterocycles. The minimum absolute atomic E-state index is 0.168. The summed E-state index contributed by atoms with van der Waals surface area (Å²) in [4.78, 5) is 12.4. The molecule has 7 aromatic carbocycles. The van der Waals surface area contributed by atoms with E-state index in [4.69, 9.17) is 9.98 Å². The molecule has 50 heavy (non-hydrogen) atoms. The first-order chi connectivity index (χ1) is 24.2. The number of pyridine rings is 1. The van der Waals surface area contributed by atoms with Crippen LogP contribution in [-0.2, 0) is 0 Å². The highest BCUT2D eigenvalue weighted by molar-refractivity contribution is 6.22. The Morgan fingerprint density at radius 1 is 0.480 bits per heavy atom. The van der Waals surface area contributed by atoms with Gasteiger partial charge in [0, 0.05) is 5.56 Å². The molecule has 8 aromatic rings. The molecule has 0 N–H and O–H groups in total. The Hall–Kier alpha value is -5.80. The molecule has 0 spiro atoms. The average molecular weight is 646 g/mol. The summed E-state index contributed by atoms with van der Waals surface area (Å²) < 4.78 is 0. The van der Waals surface area contributed by atoms with Crippen LogP contribution >= 0.6 is 0 Å². The van der Waals surface area contributed by atoms with Crippen LogP contribution in [0.3, 0.4) is 0 Å². The zero-order valence-corrected chi connectivity index (χ0v) is 29.2. The van der Waals surface area contributed by atoms with Crippen LogP contribution in [0.25, 0.3) is 76.6 Å². The molecule has 0 saturated heterocycles. The minimum Gasteiger partial charge on any atom is -0.321 e. The molecule has 0 aliphatic carbocycles. The normalized spacial score (nSPS) is 15.3. The Balaban J connectivity index is 1.28. The summed E-state index contributed by atoms with van der Waals surface area (Å²) in [5.41, 5.74) is 7.68. The molecule has 3 heteroatoms. The van der Waals surface area contributed by atoms with E-state index in [-0.39, 0.29) is 11.1 Å². The maximum atomic E-state index is 5.07. The van der Waals surface area contributed by atoms with Gasteiger partial charge in [0.25, 0.3) is 0 Å². The van der Waals surface area contributed by atoms with Crippen molar-refractivity contribution in [2.75, 3.05) is 4.90 Å². The number of hydrogen-bond donors (Lipinski definition) is 0. The van der Waals surface area contributed by atoms with Crippen LogP contribution in [0.15, 0.2) is 151 Å². The SMILES string of the molecule is CC1=NC(C)(C)C(C)(C)N1c1ccc(-c2ccc3c(-c4ccc5ccccc5c4)c4ccccc4c(-c4ccc5ccccc5c4)c3c2)nc1. The molecule has 0 atom stereocenters. The molecular formula is C47H39N3. The molecule has 0 fully saturated rings. The molecule has 3 nitrogen and oxygen atoms in total. The van der Waals surface area contributed by atoms with E-state index in [2.05, 4.69) is 179 Å². The van der Waals surface area contributed by atoms with E-state index in [1.807, 2.05) is 6.20 Å². The monoisotopic (exact) mass is 645 g/mol. The van der Waals surface area contributed by atoms with Gasteiger partial charge in [-0.1, -0.05) is 109 Å². The number of fused-ring (bicyclic) bond motifs is 4. The summed E-state index contributed by atoms with van der Waals surface area (Å²) in [6.45, 7) is 11.0. The number of anilines is 1. The van der Waals surface area contributed by atoms with E-state index >= 15 is 0 Å². The van der Waals surface area contributed by atoms with E-state index in [9.17, 15) is 0 Å². The predicted octanol–water partition coefficient (Wildman–Crippen LogP) is 12.5. The zero-order valence-electron chi connectivity index (χ0n) is 29.2. The van der Waals surface area contributed by atoms with Gasteiger partial charge in [-0.25, -0.2) is 0 Å². The summed E-state index contributed by atoms with van der Waals surface area (Å²) >= 11 is 0. The van der Waals surface area contributed by atoms with Crippen LogP contribution in [-0.4, -0.2) is 21.9 Å². The molecular weight excluding hydrogens is 607 g/mol. The molecule has 0 amide bonds. The number of aliphatic imine (C=N–C) groups is 1. The summed E-state index contributed by atoms with van der Waals surface area (Å²) in [6, 6.07) is 51.1. The quantitative estimate of drug-likeness (QED) is 0.178. The summed E-state index contributed by atoms with van der Waals surface area (Å²) in [6.07, 6.45) is 2.01. The summed E-state index contributed by atoms with van der Waals surface area (Å²) in [7, 11) is 0. The number of hydrogen-bond acceptors (Lipinski definition) is 3. The lowest BCUT2D eigenvalue weighted by Gasteiger charge is -2.41. The van der Waals surface area contributed by atoms with Crippen molar-refractivity contribution in [3.63, 3.8) is 0 Å². The summed E-state index contributed by atoms with van der Waals surface area (Å²) in [5.74, 6) is 1.02. The van der Waals surface area contributed by atoms with Crippen molar-refractivity contribution in [1.82, 2.24) is 4.98 Å². The highest BCUT2D eigenvalue weighted by Crippen LogP contribution is 2.46. The van der Waals surface area contributed by atoms with Crippen molar-refractivity contribution in [2.24, 2.45) is 4.99 Å². The average Bonchev–Trinajstić information content (AvgIpc) is 3.30. The van der Waals surface area contributed by atoms with Gasteiger partial charge in [-0.2, -0.15) is 0 Å². The van der Waals surface area contributed by atoms with Crippen molar-refractivity contribution in [2.45, 2.75) is 45.7 Å². The van der Waals surface area contributed by atoms with Crippen LogP contribution in [0.5, 0.6) is 0 Å². The molecule has 1 aromatic heterocycles. The van der Waals surface area contributed by atoms with Crippen molar-refractivity contribution in [1.29, 1.82) is 0 Å². The van der Waals surface area contributed by atoms with Crippen molar-refractivity contribution in [3.05, 3.63) is 146 Å². The standard InChI is InChI=1S/C47H39N3/c1-30-49-46(2,3)47(4,5)50(30)38-23-25-43(48-29-38)35-22-24-41-42(28-35)45(37-21-19-32-13-7-9-15-34(32)27-37)40-17-11-10-16-39(40)44(41)36-20-18-31-12-6-8-14-33(31)26-36/h6-29H,1-5H3. The zero-order chi connectivity index (χ0) is 34.2. The second-order valence-electron chi connectivity index (χ2n) is 14.7. The fourth-order valence-corrected chi connectivity index (χ4v) is 8.12. The fraction of sp³-hybridized carbons (Fsp3) is 0.149. The van der Waals surface area contributed by atoms with Gasteiger partial charge in [-0.3, -0.25) is 9.98 Å². The van der Waals surface area contributed by atoms with Gasteiger partial charge >= 0.3 is 0 Å². The van der Waals surface area contributed by atoms with Crippen LogP contribution in [0.2, 0.25) is 0 Å². The minimum atomic E-state index is -0.196. The maximum absolute atomic E-state index is 5.07. The van der Waals surface area contributed by atoms with E-state index in [1.54, 1.807) is 0 Å². The van der Waals surface area contributed by atoms with Crippen molar-refractivity contribution >= 4 is 54.6 Å². The van der Waals surface area contributed by atoms with Gasteiger partial charge < -0.3 is 4.90 Å². The highest BCUT2D eigenvalue weighted by Gasteiger charge is 2.48. The first-order valence-corrected chi connectivity index (χ1v) is 17.5. The third kappa shape index (κ3) is 4.64. The van der Waals surface area contributed by atoms with Gasteiger partial charge in [0.1, 0.15) is 5.84 Å². The van der Waals surface area contributed by atoms with E-state index in [1.165, 1.54) is 65.3 Å². The molecule has 0 unspecified atom stereocenters. The van der Waals surface area contributed by atoms with Crippen LogP contribution in [0.4, 0.5) is 5.69 Å². The van der Waals surface area contributed by atoms with Crippen LogP contribution in [0.1, 0.15) is 34.6 Å². The number of amidine groups is 1. The topological polar surface area (TPSA) is 28.5 Å². The van der Waals surface area contributed by atoms with Crippen molar-refractivity contribution in [3.8, 4) is 33.5 Å². The summed E-state index contributed by atoms with van der Waals surface area (Å²) in [5, 5.41) is 9.91. The number of benzene rings is 7. The first kappa shape index (κ1) is 30.3. The van der Waals surface area contributed by atoms with Gasteiger partial charge in [0.2, 0.25) is 0 Å². The number of nitrogens with zero attached hydrogens (tertiary/aromatic N) is 3. The molecule has 9 rings (SSSR count). The number of rotatable bonds is 4. The van der Waals surface area contributed by atoms with E-state index in [0.29, 0.717) is 0 Å². The van der Waals surface area contributed by atoms with Gasteiger partial charge in [0.05, 0.1) is 28.7 Å². The maximum Gasteiger partial charge on any atom is 0.102 e. The largest absolute Gasteiger partial charge is 0.321 e. The predicted molar refractivity (Wildman–Crippen MR) is 214 cm³/mol. The molecule has 0 saturated carbocycles. The highest BCUT2D eigenvalue weighted by atomic mass is 15.3. The van der Waals surface area contributed by atoms with E-state index < -0.39 is 0 Å². The molecule has 0 radical (unpaired) electrons. The Bertz CT molecular complexity index is 2660. The Labute approximate surface area is 293 Å². The smallest absolute Gasteiger partial charge is 0.102 e. The number of aromatic nitrogens is 1. The van der Waals surface area contributed by atoms with Gasteiger partial charge in [-0.15, -0.1) is 0 Å². The van der Waals surface area contributed by atoms with Crippen LogP contribution < -0.4 is 4.90 Å².